The lowest BCUT2D eigenvalue weighted by Crippen LogP contribution is -2.11. The minimum Gasteiger partial charge on any atom is -0.313 e. The highest BCUT2D eigenvalue weighted by molar-refractivity contribution is 5.66. The van der Waals surface area contributed by atoms with Crippen LogP contribution in [-0.4, -0.2) is 16.3 Å². The second-order valence-electron chi connectivity index (χ2n) is 4.33. The van der Waals surface area contributed by atoms with Crippen molar-refractivity contribution < 1.29 is 0 Å². The molecule has 2 rings (SSSR count). The molecule has 0 saturated heterocycles. The van der Waals surface area contributed by atoms with Crippen molar-refractivity contribution in [2.45, 2.75) is 20.4 Å². The monoisotopic (exact) mass is 229 g/mol. The largest absolute Gasteiger partial charge is 0.313 e. The molecule has 90 valence electrons. The first kappa shape index (κ1) is 11.9. The lowest BCUT2D eigenvalue weighted by molar-refractivity contribution is 0.726. The Hall–Kier alpha value is -1.61. The van der Waals surface area contributed by atoms with E-state index in [1.54, 1.807) is 0 Å². The second-order valence-corrected chi connectivity index (χ2v) is 4.33. The third kappa shape index (κ3) is 2.74. The Labute approximate surface area is 102 Å². The van der Waals surface area contributed by atoms with Crippen molar-refractivity contribution in [3.05, 3.63) is 41.7 Å². The highest BCUT2D eigenvalue weighted by atomic mass is 15.2. The molecular formula is C14H19N3. The smallest absolute Gasteiger partial charge is 0.0568 e. The summed E-state index contributed by atoms with van der Waals surface area (Å²) in [4.78, 5) is 0. The van der Waals surface area contributed by atoms with E-state index in [9.17, 15) is 0 Å². The Balaban J connectivity index is 2.25. The van der Waals surface area contributed by atoms with E-state index >= 15 is 0 Å². The summed E-state index contributed by atoms with van der Waals surface area (Å²) in [6.07, 6.45) is 3.96. The van der Waals surface area contributed by atoms with Gasteiger partial charge in [0.15, 0.2) is 0 Å². The maximum absolute atomic E-state index is 4.21. The third-order valence-corrected chi connectivity index (χ3v) is 2.89. The van der Waals surface area contributed by atoms with E-state index in [1.165, 1.54) is 22.3 Å². The van der Waals surface area contributed by atoms with Crippen LogP contribution in [0.3, 0.4) is 0 Å². The fourth-order valence-corrected chi connectivity index (χ4v) is 1.99. The highest BCUT2D eigenvalue weighted by Gasteiger charge is 2.04. The van der Waals surface area contributed by atoms with Crippen LogP contribution in [0.25, 0.3) is 11.1 Å². The zero-order chi connectivity index (χ0) is 12.3. The summed E-state index contributed by atoms with van der Waals surface area (Å²) in [5.74, 6) is 0. The van der Waals surface area contributed by atoms with Crippen molar-refractivity contribution in [1.29, 1.82) is 0 Å². The molecule has 3 nitrogen and oxygen atoms in total. The molecular weight excluding hydrogens is 210 g/mol. The lowest BCUT2D eigenvalue weighted by Gasteiger charge is -2.07. The van der Waals surface area contributed by atoms with Crippen LogP contribution in [0.5, 0.6) is 0 Å². The Morgan fingerprint density at radius 1 is 1.35 bits per heavy atom. The molecule has 3 heteroatoms. The zero-order valence-corrected chi connectivity index (χ0v) is 10.7. The van der Waals surface area contributed by atoms with Crippen LogP contribution in [0.1, 0.15) is 18.1 Å². The van der Waals surface area contributed by atoms with Crippen LogP contribution in [0, 0.1) is 6.92 Å². The van der Waals surface area contributed by atoms with E-state index in [2.05, 4.69) is 42.5 Å². The maximum atomic E-state index is 4.21. The quantitative estimate of drug-likeness (QED) is 0.873. The third-order valence-electron chi connectivity index (χ3n) is 2.89. The molecule has 0 spiro atoms. The Bertz CT molecular complexity index is 500. The number of benzene rings is 1. The first-order chi connectivity index (χ1) is 8.20. The fraction of sp³-hybridized carbons (Fsp3) is 0.357. The fourth-order valence-electron chi connectivity index (χ4n) is 1.99. The van der Waals surface area contributed by atoms with Gasteiger partial charge in [-0.1, -0.05) is 25.1 Å². The molecule has 0 atom stereocenters. The van der Waals surface area contributed by atoms with Gasteiger partial charge in [-0.2, -0.15) is 5.10 Å². The van der Waals surface area contributed by atoms with Gasteiger partial charge >= 0.3 is 0 Å². The number of aromatic nitrogens is 2. The van der Waals surface area contributed by atoms with Crippen LogP contribution >= 0.6 is 0 Å². The van der Waals surface area contributed by atoms with E-state index in [0.29, 0.717) is 0 Å². The lowest BCUT2D eigenvalue weighted by atomic mass is 10.0. The summed E-state index contributed by atoms with van der Waals surface area (Å²) in [6, 6.07) is 6.60. The van der Waals surface area contributed by atoms with Gasteiger partial charge in [0, 0.05) is 25.4 Å². The number of aryl methyl sites for hydroxylation is 2. The molecule has 0 fully saturated rings. The number of hydrogen-bond donors (Lipinski definition) is 1. The molecule has 1 heterocycles. The average molecular weight is 229 g/mol. The van der Waals surface area contributed by atoms with Gasteiger partial charge in [-0.15, -0.1) is 0 Å². The van der Waals surface area contributed by atoms with E-state index < -0.39 is 0 Å². The molecule has 0 aliphatic carbocycles. The molecule has 0 unspecified atom stereocenters. The van der Waals surface area contributed by atoms with Crippen molar-refractivity contribution >= 4 is 0 Å². The van der Waals surface area contributed by atoms with Gasteiger partial charge in [-0.25, -0.2) is 0 Å². The summed E-state index contributed by atoms with van der Waals surface area (Å²) < 4.78 is 1.83. The molecule has 0 bridgehead atoms. The summed E-state index contributed by atoms with van der Waals surface area (Å²) in [5.41, 5.74) is 5.07. The zero-order valence-electron chi connectivity index (χ0n) is 10.7. The highest BCUT2D eigenvalue weighted by Crippen LogP contribution is 2.23. The van der Waals surface area contributed by atoms with E-state index in [-0.39, 0.29) is 0 Å². The van der Waals surface area contributed by atoms with Gasteiger partial charge < -0.3 is 5.32 Å². The first-order valence-corrected chi connectivity index (χ1v) is 6.00. The molecule has 0 saturated carbocycles. The first-order valence-electron chi connectivity index (χ1n) is 6.00. The molecule has 0 aliphatic heterocycles. The van der Waals surface area contributed by atoms with Gasteiger partial charge in [0.25, 0.3) is 0 Å². The topological polar surface area (TPSA) is 29.9 Å². The van der Waals surface area contributed by atoms with Gasteiger partial charge in [-0.3, -0.25) is 4.68 Å². The Morgan fingerprint density at radius 2 is 2.18 bits per heavy atom. The van der Waals surface area contributed by atoms with Crippen molar-refractivity contribution in [3.63, 3.8) is 0 Å². The van der Waals surface area contributed by atoms with Gasteiger partial charge in [-0.05, 0) is 30.2 Å². The molecule has 17 heavy (non-hydrogen) atoms. The predicted octanol–water partition coefficient (Wildman–Crippen LogP) is 2.51. The predicted molar refractivity (Wildman–Crippen MR) is 70.8 cm³/mol. The minimum absolute atomic E-state index is 0.935. The number of nitrogens with one attached hydrogen (secondary N) is 1. The average Bonchev–Trinajstić information content (AvgIpc) is 2.73. The van der Waals surface area contributed by atoms with Crippen LogP contribution in [0.15, 0.2) is 30.6 Å². The molecule has 1 N–H and O–H groups in total. The second kappa shape index (κ2) is 5.15. The molecule has 1 aromatic carbocycles. The molecule has 1 aromatic heterocycles. The van der Waals surface area contributed by atoms with Crippen LogP contribution < -0.4 is 5.32 Å². The summed E-state index contributed by atoms with van der Waals surface area (Å²) in [6.45, 7) is 6.21. The molecule has 0 amide bonds. The van der Waals surface area contributed by atoms with Gasteiger partial charge in [0.05, 0.1) is 6.20 Å². The van der Waals surface area contributed by atoms with Gasteiger partial charge in [0.2, 0.25) is 0 Å². The van der Waals surface area contributed by atoms with Crippen molar-refractivity contribution in [2.24, 2.45) is 7.05 Å². The Morgan fingerprint density at radius 3 is 2.76 bits per heavy atom. The number of rotatable bonds is 4. The van der Waals surface area contributed by atoms with E-state index in [0.717, 1.165) is 13.1 Å². The minimum atomic E-state index is 0.935. The number of nitrogens with zero attached hydrogens (tertiary/aromatic N) is 2. The maximum Gasteiger partial charge on any atom is 0.0568 e. The molecule has 0 aliphatic rings. The summed E-state index contributed by atoms with van der Waals surface area (Å²) >= 11 is 0. The number of hydrogen-bond acceptors (Lipinski definition) is 2. The normalized spacial score (nSPS) is 10.8. The van der Waals surface area contributed by atoms with Crippen molar-refractivity contribution in [1.82, 2.24) is 15.1 Å². The van der Waals surface area contributed by atoms with Crippen LogP contribution in [0.2, 0.25) is 0 Å². The van der Waals surface area contributed by atoms with E-state index in [4.69, 9.17) is 0 Å². The van der Waals surface area contributed by atoms with Crippen molar-refractivity contribution in [2.75, 3.05) is 6.54 Å². The summed E-state index contributed by atoms with van der Waals surface area (Å²) in [7, 11) is 1.94. The van der Waals surface area contributed by atoms with Crippen LogP contribution in [-0.2, 0) is 13.6 Å². The molecule has 0 radical (unpaired) electrons. The molecule has 2 aromatic rings. The SMILES string of the molecule is CCNCc1ccc(-c2cnn(C)c2)c(C)c1. The summed E-state index contributed by atoms with van der Waals surface area (Å²) in [5, 5.41) is 7.55. The van der Waals surface area contributed by atoms with Crippen LogP contribution in [0.4, 0.5) is 0 Å². The van der Waals surface area contributed by atoms with Gasteiger partial charge in [0.1, 0.15) is 0 Å². The van der Waals surface area contributed by atoms with E-state index in [1.807, 2.05) is 24.1 Å². The Kier molecular flexibility index (Phi) is 3.59. The standard InChI is InChI=1S/C14H19N3/c1-4-15-8-12-5-6-14(11(2)7-12)13-9-16-17(3)10-13/h5-7,9-10,15H,4,8H2,1-3H3. The van der Waals surface area contributed by atoms with Crippen molar-refractivity contribution in [3.8, 4) is 11.1 Å².